The number of halogens is 1. The third-order valence-corrected chi connectivity index (χ3v) is 7.72. The maximum absolute atomic E-state index is 12.6. The van der Waals surface area contributed by atoms with E-state index in [1.807, 2.05) is 6.07 Å². The molecule has 0 amide bonds. The average molecular weight is 427 g/mol. The summed E-state index contributed by atoms with van der Waals surface area (Å²) >= 11 is 8.02. The monoisotopic (exact) mass is 426 g/mol. The van der Waals surface area contributed by atoms with Crippen LogP contribution < -0.4 is 14.3 Å². The first-order valence-corrected chi connectivity index (χ1v) is 10.9. The van der Waals surface area contributed by atoms with Crippen molar-refractivity contribution in [3.8, 4) is 23.8 Å². The van der Waals surface area contributed by atoms with Crippen molar-refractivity contribution in [2.24, 2.45) is 4.40 Å². The number of sulfonamides is 1. The van der Waals surface area contributed by atoms with Gasteiger partial charge in [0.15, 0.2) is 11.5 Å². The number of thiazole rings is 1. The standard InChI is InChI=1S/C16H11ClN2O4S3/c1-2-5-19-10-8-11-12(23-7-6-22-11)9-13(10)24-16(19)18-26(20,21)15-4-3-14(17)25-15/h1,3-4,8-9H,5-7H2. The van der Waals surface area contributed by atoms with Crippen LogP contribution in [0.4, 0.5) is 0 Å². The van der Waals surface area contributed by atoms with Gasteiger partial charge in [-0.1, -0.05) is 28.9 Å². The van der Waals surface area contributed by atoms with E-state index in [1.165, 1.54) is 23.5 Å². The van der Waals surface area contributed by atoms with Crippen molar-refractivity contribution in [3.05, 3.63) is 33.4 Å². The smallest absolute Gasteiger partial charge is 0.294 e. The Kier molecular flexibility index (Phi) is 4.44. The van der Waals surface area contributed by atoms with Crippen molar-refractivity contribution >= 4 is 54.5 Å². The highest BCUT2D eigenvalue weighted by molar-refractivity contribution is 7.92. The number of nitrogens with zero attached hydrogens (tertiary/aromatic N) is 2. The molecule has 1 aliphatic rings. The lowest BCUT2D eigenvalue weighted by atomic mass is 10.2. The van der Waals surface area contributed by atoms with Crippen molar-refractivity contribution in [2.75, 3.05) is 13.2 Å². The van der Waals surface area contributed by atoms with Crippen LogP contribution in [-0.4, -0.2) is 26.2 Å². The molecule has 2 aromatic heterocycles. The van der Waals surface area contributed by atoms with Gasteiger partial charge in [-0.15, -0.1) is 22.2 Å². The second-order valence-corrected chi connectivity index (χ2v) is 9.82. The Hall–Kier alpha value is -1.99. The first kappa shape index (κ1) is 17.4. The fraction of sp³-hybridized carbons (Fsp3) is 0.188. The zero-order valence-corrected chi connectivity index (χ0v) is 16.3. The van der Waals surface area contributed by atoms with Crippen LogP contribution in [0.3, 0.4) is 0 Å². The number of hydrogen-bond donors (Lipinski definition) is 0. The maximum Gasteiger partial charge on any atom is 0.294 e. The van der Waals surface area contributed by atoms with E-state index < -0.39 is 10.0 Å². The first-order chi connectivity index (χ1) is 12.5. The Labute approximate surface area is 162 Å². The first-order valence-electron chi connectivity index (χ1n) is 7.41. The van der Waals surface area contributed by atoms with Gasteiger partial charge in [0, 0.05) is 12.1 Å². The summed E-state index contributed by atoms with van der Waals surface area (Å²) in [7, 11) is -3.88. The topological polar surface area (TPSA) is 69.9 Å². The highest BCUT2D eigenvalue weighted by atomic mass is 35.5. The van der Waals surface area contributed by atoms with E-state index in [9.17, 15) is 8.42 Å². The average Bonchev–Trinajstić information content (AvgIpc) is 3.18. The molecule has 0 saturated heterocycles. The van der Waals surface area contributed by atoms with Gasteiger partial charge in [-0.25, -0.2) is 0 Å². The minimum absolute atomic E-state index is 0.0816. The summed E-state index contributed by atoms with van der Waals surface area (Å²) in [5, 5.41) is 0. The number of terminal acetylenes is 1. The van der Waals surface area contributed by atoms with Crippen molar-refractivity contribution in [1.29, 1.82) is 0 Å². The van der Waals surface area contributed by atoms with Gasteiger partial charge in [-0.05, 0) is 12.1 Å². The zero-order valence-electron chi connectivity index (χ0n) is 13.1. The third kappa shape index (κ3) is 3.10. The lowest BCUT2D eigenvalue weighted by molar-refractivity contribution is 0.172. The van der Waals surface area contributed by atoms with Gasteiger partial charge in [0.1, 0.15) is 17.4 Å². The minimum Gasteiger partial charge on any atom is -0.486 e. The number of aromatic nitrogens is 1. The van der Waals surface area contributed by atoms with Crippen LogP contribution in [0.2, 0.25) is 4.34 Å². The molecule has 0 radical (unpaired) electrons. The number of fused-ring (bicyclic) bond motifs is 2. The Morgan fingerprint density at radius 2 is 1.96 bits per heavy atom. The molecule has 0 bridgehead atoms. The summed E-state index contributed by atoms with van der Waals surface area (Å²) in [6, 6.07) is 6.57. The molecule has 0 spiro atoms. The van der Waals surface area contributed by atoms with Gasteiger partial charge in [0.25, 0.3) is 10.0 Å². The van der Waals surface area contributed by atoms with Crippen molar-refractivity contribution in [3.63, 3.8) is 0 Å². The summed E-state index contributed by atoms with van der Waals surface area (Å²) in [4.78, 5) is 0.282. The van der Waals surface area contributed by atoms with E-state index in [4.69, 9.17) is 27.5 Å². The normalized spacial score (nSPS) is 14.5. The molecule has 0 N–H and O–H groups in total. The van der Waals surface area contributed by atoms with Gasteiger partial charge in [0.2, 0.25) is 4.80 Å². The minimum atomic E-state index is -3.88. The molecule has 0 aliphatic carbocycles. The molecule has 0 atom stereocenters. The lowest BCUT2D eigenvalue weighted by Gasteiger charge is -2.18. The summed E-state index contributed by atoms with van der Waals surface area (Å²) in [6.45, 7) is 1.11. The van der Waals surface area contributed by atoms with Gasteiger partial charge < -0.3 is 14.0 Å². The van der Waals surface area contributed by atoms with Crippen LogP contribution in [0.15, 0.2) is 32.9 Å². The number of rotatable bonds is 3. The molecule has 134 valence electrons. The van der Waals surface area contributed by atoms with Crippen LogP contribution in [-0.2, 0) is 16.6 Å². The number of benzene rings is 1. The number of thiophene rings is 1. The molecule has 3 aromatic rings. The van der Waals surface area contributed by atoms with Crippen LogP contribution in [0, 0.1) is 12.3 Å². The summed E-state index contributed by atoms with van der Waals surface area (Å²) in [5.41, 5.74) is 0.746. The highest BCUT2D eigenvalue weighted by Crippen LogP contribution is 2.35. The number of ether oxygens (including phenoxy) is 2. The van der Waals surface area contributed by atoms with E-state index in [2.05, 4.69) is 10.3 Å². The van der Waals surface area contributed by atoms with Crippen LogP contribution >= 0.6 is 34.3 Å². The summed E-state index contributed by atoms with van der Waals surface area (Å²) < 4.78 is 43.3. The summed E-state index contributed by atoms with van der Waals surface area (Å²) in [5.74, 6) is 3.76. The van der Waals surface area contributed by atoms with Gasteiger partial charge in [-0.3, -0.25) is 0 Å². The molecule has 0 fully saturated rings. The molecule has 3 heterocycles. The van der Waals surface area contributed by atoms with E-state index in [0.29, 0.717) is 29.0 Å². The Bertz CT molecular complexity index is 1210. The molecule has 26 heavy (non-hydrogen) atoms. The molecule has 10 heteroatoms. The number of hydrogen-bond acceptors (Lipinski definition) is 6. The SMILES string of the molecule is C#CCn1c(=NS(=O)(=O)c2ccc(Cl)s2)sc2cc3c(cc21)OCCO3. The predicted molar refractivity (Wildman–Crippen MR) is 102 cm³/mol. The van der Waals surface area contributed by atoms with Crippen molar-refractivity contribution < 1.29 is 17.9 Å². The molecule has 4 rings (SSSR count). The maximum atomic E-state index is 12.6. The Morgan fingerprint density at radius 1 is 1.23 bits per heavy atom. The lowest BCUT2D eigenvalue weighted by Crippen LogP contribution is -2.17. The Balaban J connectivity index is 1.94. The molecule has 1 aliphatic heterocycles. The molecule has 0 saturated carbocycles. The summed E-state index contributed by atoms with van der Waals surface area (Å²) in [6.07, 6.45) is 5.47. The quantitative estimate of drug-likeness (QED) is 0.603. The van der Waals surface area contributed by atoms with Gasteiger partial charge in [0.05, 0.1) is 21.1 Å². The molecule has 6 nitrogen and oxygen atoms in total. The molecular weight excluding hydrogens is 416 g/mol. The van der Waals surface area contributed by atoms with Crippen LogP contribution in [0.25, 0.3) is 10.2 Å². The zero-order chi connectivity index (χ0) is 18.3. The molecule has 1 aromatic carbocycles. The van der Waals surface area contributed by atoms with Gasteiger partial charge >= 0.3 is 0 Å². The van der Waals surface area contributed by atoms with E-state index in [-0.39, 0.29) is 15.6 Å². The largest absolute Gasteiger partial charge is 0.486 e. The molecular formula is C16H11ClN2O4S3. The van der Waals surface area contributed by atoms with Crippen molar-refractivity contribution in [1.82, 2.24) is 4.57 Å². The Morgan fingerprint density at radius 3 is 2.62 bits per heavy atom. The van der Waals surface area contributed by atoms with Crippen LogP contribution in [0.1, 0.15) is 0 Å². The fourth-order valence-corrected chi connectivity index (χ4v) is 6.21. The third-order valence-electron chi connectivity index (χ3n) is 3.60. The van der Waals surface area contributed by atoms with E-state index in [0.717, 1.165) is 21.6 Å². The van der Waals surface area contributed by atoms with Gasteiger partial charge in [-0.2, -0.15) is 8.42 Å². The molecule has 0 unspecified atom stereocenters. The predicted octanol–water partition coefficient (Wildman–Crippen LogP) is 3.11. The highest BCUT2D eigenvalue weighted by Gasteiger charge is 2.19. The second kappa shape index (κ2) is 6.63. The van der Waals surface area contributed by atoms with Crippen molar-refractivity contribution in [2.45, 2.75) is 10.8 Å². The van der Waals surface area contributed by atoms with E-state index in [1.54, 1.807) is 10.6 Å². The second-order valence-electron chi connectivity index (χ2n) is 5.26. The van der Waals surface area contributed by atoms with E-state index >= 15 is 0 Å². The van der Waals surface area contributed by atoms with Crippen LogP contribution in [0.5, 0.6) is 11.5 Å². The fourth-order valence-electron chi connectivity index (χ4n) is 2.50.